The van der Waals surface area contributed by atoms with Gasteiger partial charge in [-0.2, -0.15) is 0 Å². The summed E-state index contributed by atoms with van der Waals surface area (Å²) in [5.41, 5.74) is 1.43. The monoisotopic (exact) mass is 230 g/mol. The van der Waals surface area contributed by atoms with Crippen LogP contribution in [0.2, 0.25) is 0 Å². The number of hydrogen-bond acceptors (Lipinski definition) is 3. The number of aryl methyl sites for hydroxylation is 1. The number of nitrogens with one attached hydrogen (secondary N) is 1. The van der Waals surface area contributed by atoms with Gasteiger partial charge in [0.1, 0.15) is 0 Å². The molecule has 1 N–H and O–H groups in total. The van der Waals surface area contributed by atoms with Gasteiger partial charge >= 0.3 is 5.69 Å². The molecule has 6 heteroatoms. The van der Waals surface area contributed by atoms with Gasteiger partial charge in [0, 0.05) is 14.1 Å². The molecule has 0 aliphatic carbocycles. The topological polar surface area (TPSA) is 72.7 Å². The van der Waals surface area contributed by atoms with Crippen LogP contribution < -0.4 is 11.2 Å². The second kappa shape index (κ2) is 3.07. The number of fused-ring (bicyclic) bond motifs is 2. The molecule has 0 saturated carbocycles. The number of rotatable bonds is 0. The summed E-state index contributed by atoms with van der Waals surface area (Å²) in [6.07, 6.45) is 1.67. The van der Waals surface area contributed by atoms with Crippen molar-refractivity contribution in [2.45, 2.75) is 0 Å². The third-order valence-electron chi connectivity index (χ3n) is 2.95. The molecule has 0 atom stereocenters. The van der Waals surface area contributed by atoms with Gasteiger partial charge in [-0.15, -0.1) is 0 Å². The van der Waals surface area contributed by atoms with E-state index in [1.165, 1.54) is 7.05 Å². The maximum Gasteiger partial charge on any atom is 0.328 e. The quantitative estimate of drug-likeness (QED) is 0.596. The lowest BCUT2D eigenvalue weighted by atomic mass is 10.2. The van der Waals surface area contributed by atoms with E-state index in [-0.39, 0.29) is 5.56 Å². The van der Waals surface area contributed by atoms with Crippen LogP contribution >= 0.6 is 0 Å². The summed E-state index contributed by atoms with van der Waals surface area (Å²) in [4.78, 5) is 30.3. The largest absolute Gasteiger partial charge is 0.334 e. The Bertz CT molecular complexity index is 853. The molecular weight excluding hydrogens is 220 g/mol. The minimum Gasteiger partial charge on any atom is -0.334 e. The van der Waals surface area contributed by atoms with Crippen molar-refractivity contribution in [3.05, 3.63) is 39.3 Å². The van der Waals surface area contributed by atoms with Crippen molar-refractivity contribution in [2.24, 2.45) is 14.1 Å². The number of nitrogens with zero attached hydrogens (tertiary/aromatic N) is 3. The number of benzene rings is 1. The van der Waals surface area contributed by atoms with Crippen LogP contribution in [-0.2, 0) is 14.1 Å². The highest BCUT2D eigenvalue weighted by Crippen LogP contribution is 2.16. The Morgan fingerprint density at radius 1 is 1.24 bits per heavy atom. The molecule has 86 valence electrons. The molecular formula is C11H10N4O2. The van der Waals surface area contributed by atoms with Gasteiger partial charge in [0.2, 0.25) is 0 Å². The maximum atomic E-state index is 11.9. The molecule has 17 heavy (non-hydrogen) atoms. The Balaban J connectivity index is 2.63. The molecule has 0 spiro atoms. The van der Waals surface area contributed by atoms with Gasteiger partial charge < -0.3 is 9.55 Å². The first kappa shape index (κ1) is 9.83. The predicted octanol–water partition coefficient (Wildman–Crippen LogP) is 0.113. The summed E-state index contributed by atoms with van der Waals surface area (Å²) >= 11 is 0. The summed E-state index contributed by atoms with van der Waals surface area (Å²) in [6, 6.07) is 3.46. The lowest BCUT2D eigenvalue weighted by molar-refractivity contribution is 0.794. The normalized spacial score (nSPS) is 11.4. The van der Waals surface area contributed by atoms with Crippen LogP contribution in [0.4, 0.5) is 0 Å². The zero-order valence-electron chi connectivity index (χ0n) is 9.39. The standard InChI is InChI=1S/C11H10N4O2/c1-14-5-12-8-3-6-7(4-9(8)14)13-11(17)15(2)10(6)16/h3-5H,1-2H3,(H,13,17). The zero-order chi connectivity index (χ0) is 12.2. The lowest BCUT2D eigenvalue weighted by Crippen LogP contribution is -2.32. The van der Waals surface area contributed by atoms with E-state index < -0.39 is 5.69 Å². The summed E-state index contributed by atoms with van der Waals surface area (Å²) in [5.74, 6) is 0. The first-order valence-corrected chi connectivity index (χ1v) is 5.12. The van der Waals surface area contributed by atoms with Gasteiger partial charge in [0.05, 0.1) is 28.3 Å². The Morgan fingerprint density at radius 2 is 2.00 bits per heavy atom. The lowest BCUT2D eigenvalue weighted by Gasteiger charge is -2.01. The molecule has 2 heterocycles. The average molecular weight is 230 g/mol. The minimum atomic E-state index is -0.413. The van der Waals surface area contributed by atoms with Crippen LogP contribution in [0.5, 0.6) is 0 Å². The third-order valence-corrected chi connectivity index (χ3v) is 2.95. The second-order valence-electron chi connectivity index (χ2n) is 4.04. The molecule has 0 bridgehead atoms. The molecule has 0 radical (unpaired) electrons. The van der Waals surface area contributed by atoms with Gasteiger partial charge in [-0.25, -0.2) is 9.78 Å². The summed E-state index contributed by atoms with van der Waals surface area (Å²) < 4.78 is 2.89. The molecule has 3 rings (SSSR count). The SMILES string of the molecule is Cn1c(=O)[nH]c2cc3c(cc2c1=O)ncn3C. The molecule has 0 amide bonds. The van der Waals surface area contributed by atoms with E-state index in [9.17, 15) is 9.59 Å². The van der Waals surface area contributed by atoms with E-state index in [1.807, 2.05) is 11.6 Å². The molecule has 3 aromatic rings. The fraction of sp³-hybridized carbons (Fsp3) is 0.182. The molecule has 6 nitrogen and oxygen atoms in total. The Morgan fingerprint density at radius 3 is 2.76 bits per heavy atom. The molecule has 0 unspecified atom stereocenters. The summed E-state index contributed by atoms with van der Waals surface area (Å²) in [7, 11) is 3.31. The second-order valence-corrected chi connectivity index (χ2v) is 4.04. The van der Waals surface area contributed by atoms with Crippen molar-refractivity contribution in [3.63, 3.8) is 0 Å². The molecule has 0 fully saturated rings. The van der Waals surface area contributed by atoms with Gasteiger partial charge in [0.15, 0.2) is 0 Å². The fourth-order valence-electron chi connectivity index (χ4n) is 1.93. The van der Waals surface area contributed by atoms with Crippen molar-refractivity contribution >= 4 is 21.9 Å². The van der Waals surface area contributed by atoms with E-state index in [2.05, 4.69) is 9.97 Å². The third kappa shape index (κ3) is 1.24. The van der Waals surface area contributed by atoms with Crippen molar-refractivity contribution in [1.29, 1.82) is 0 Å². The number of aromatic nitrogens is 4. The minimum absolute atomic E-state index is 0.309. The van der Waals surface area contributed by atoms with Crippen molar-refractivity contribution < 1.29 is 0 Å². The van der Waals surface area contributed by atoms with Crippen LogP contribution in [-0.4, -0.2) is 19.1 Å². The van der Waals surface area contributed by atoms with E-state index in [0.29, 0.717) is 10.9 Å². The van der Waals surface area contributed by atoms with E-state index >= 15 is 0 Å². The fourth-order valence-corrected chi connectivity index (χ4v) is 1.93. The van der Waals surface area contributed by atoms with E-state index in [1.54, 1.807) is 18.5 Å². The number of hydrogen-bond donors (Lipinski definition) is 1. The van der Waals surface area contributed by atoms with E-state index in [4.69, 9.17) is 0 Å². The highest BCUT2D eigenvalue weighted by molar-refractivity contribution is 5.92. The van der Waals surface area contributed by atoms with Crippen LogP contribution in [0.25, 0.3) is 21.9 Å². The zero-order valence-corrected chi connectivity index (χ0v) is 9.39. The van der Waals surface area contributed by atoms with Crippen molar-refractivity contribution in [2.75, 3.05) is 0 Å². The Labute approximate surface area is 95.1 Å². The van der Waals surface area contributed by atoms with Crippen LogP contribution in [0, 0.1) is 0 Å². The smallest absolute Gasteiger partial charge is 0.328 e. The van der Waals surface area contributed by atoms with Gasteiger partial charge in [-0.3, -0.25) is 9.36 Å². The summed E-state index contributed by atoms with van der Waals surface area (Å²) in [6.45, 7) is 0. The van der Waals surface area contributed by atoms with Crippen molar-refractivity contribution in [3.8, 4) is 0 Å². The number of aromatic amines is 1. The molecule has 0 aliphatic rings. The van der Waals surface area contributed by atoms with E-state index in [0.717, 1.165) is 15.6 Å². The molecule has 2 aromatic heterocycles. The van der Waals surface area contributed by atoms with Crippen molar-refractivity contribution in [1.82, 2.24) is 19.1 Å². The molecule has 1 aromatic carbocycles. The number of H-pyrrole nitrogens is 1. The first-order chi connectivity index (χ1) is 8.08. The predicted molar refractivity (Wildman–Crippen MR) is 64.1 cm³/mol. The first-order valence-electron chi connectivity index (χ1n) is 5.12. The van der Waals surface area contributed by atoms with Gasteiger partial charge in [-0.1, -0.05) is 0 Å². The van der Waals surface area contributed by atoms with Gasteiger partial charge in [-0.05, 0) is 12.1 Å². The number of imidazole rings is 1. The highest BCUT2D eigenvalue weighted by Gasteiger charge is 2.08. The Hall–Kier alpha value is -2.37. The Kier molecular flexibility index (Phi) is 1.77. The van der Waals surface area contributed by atoms with Gasteiger partial charge in [0.25, 0.3) is 5.56 Å². The summed E-state index contributed by atoms with van der Waals surface area (Å²) in [5, 5.41) is 0.471. The molecule has 0 saturated heterocycles. The highest BCUT2D eigenvalue weighted by atomic mass is 16.2. The molecule has 0 aliphatic heterocycles. The maximum absolute atomic E-state index is 11.9. The van der Waals surface area contributed by atoms with Crippen LogP contribution in [0.15, 0.2) is 28.0 Å². The van der Waals surface area contributed by atoms with Crippen LogP contribution in [0.3, 0.4) is 0 Å². The van der Waals surface area contributed by atoms with Crippen LogP contribution in [0.1, 0.15) is 0 Å². The average Bonchev–Trinajstić information content (AvgIpc) is 2.66.